The molecule has 2 aromatic heterocycles. The van der Waals surface area contributed by atoms with Crippen molar-refractivity contribution in [3.63, 3.8) is 0 Å². The number of rotatable bonds is 7. The highest BCUT2D eigenvalue weighted by molar-refractivity contribution is 5.96. The Bertz CT molecular complexity index is 1310. The van der Waals surface area contributed by atoms with E-state index < -0.39 is 34.5 Å². The molecule has 0 unspecified atom stereocenters. The van der Waals surface area contributed by atoms with Crippen molar-refractivity contribution < 1.29 is 27.4 Å². The van der Waals surface area contributed by atoms with Crippen LogP contribution in [0.5, 0.6) is 5.75 Å². The van der Waals surface area contributed by atoms with Gasteiger partial charge in [-0.2, -0.15) is 0 Å². The van der Waals surface area contributed by atoms with Crippen molar-refractivity contribution in [1.29, 1.82) is 0 Å². The standard InChI is InChI=1S/C30H32F3N3O3/c1-17-9-18(11-20(34)10-17)23-6-7-35-15-19(23)12-28(37)27-5-4-24(31)30(36-27)29-25(32)13-22(14-26(29)33)39-21-3-2-8-38-16-21/h4-7,13-15,17-18,20-21H,2-3,8-12,16,34H2,1H3/t17-,18+,20-,21+/m0/s1. The van der Waals surface area contributed by atoms with Crippen LogP contribution in [0.1, 0.15) is 66.6 Å². The fraction of sp³-hybridized carbons (Fsp3) is 0.433. The molecule has 9 heteroatoms. The molecule has 1 saturated heterocycles. The molecule has 4 atom stereocenters. The first-order valence-corrected chi connectivity index (χ1v) is 13.4. The van der Waals surface area contributed by atoms with Gasteiger partial charge in [0.15, 0.2) is 5.78 Å². The molecule has 2 aliphatic rings. The van der Waals surface area contributed by atoms with Crippen LogP contribution in [0.15, 0.2) is 42.7 Å². The molecule has 5 rings (SSSR count). The fourth-order valence-corrected chi connectivity index (χ4v) is 5.77. The van der Waals surface area contributed by atoms with E-state index in [4.69, 9.17) is 15.2 Å². The number of ether oxygens (including phenoxy) is 2. The molecule has 0 bridgehead atoms. The van der Waals surface area contributed by atoms with Gasteiger partial charge < -0.3 is 15.2 Å². The Labute approximate surface area is 225 Å². The summed E-state index contributed by atoms with van der Waals surface area (Å²) in [5.41, 5.74) is 6.71. The summed E-state index contributed by atoms with van der Waals surface area (Å²) in [6.45, 7) is 3.12. The minimum atomic E-state index is -1.03. The van der Waals surface area contributed by atoms with Gasteiger partial charge in [0.05, 0.1) is 12.2 Å². The zero-order valence-electron chi connectivity index (χ0n) is 21.8. The Morgan fingerprint density at radius 3 is 2.62 bits per heavy atom. The number of nitrogens with zero attached hydrogens (tertiary/aromatic N) is 2. The number of aromatic nitrogens is 2. The number of halogens is 3. The minimum Gasteiger partial charge on any atom is -0.488 e. The third-order valence-corrected chi connectivity index (χ3v) is 7.52. The van der Waals surface area contributed by atoms with Gasteiger partial charge in [0.1, 0.15) is 40.7 Å². The number of ketones is 1. The summed E-state index contributed by atoms with van der Waals surface area (Å²) >= 11 is 0. The van der Waals surface area contributed by atoms with Gasteiger partial charge in [0.2, 0.25) is 0 Å². The normalized spacial score (nSPS) is 23.4. The molecule has 0 amide bonds. The Morgan fingerprint density at radius 1 is 1.10 bits per heavy atom. The highest BCUT2D eigenvalue weighted by atomic mass is 19.1. The van der Waals surface area contributed by atoms with Gasteiger partial charge in [0.25, 0.3) is 0 Å². The molecule has 1 saturated carbocycles. The number of hydrogen-bond donors (Lipinski definition) is 1. The van der Waals surface area contributed by atoms with Gasteiger partial charge in [-0.25, -0.2) is 18.2 Å². The molecule has 6 nitrogen and oxygen atoms in total. The lowest BCUT2D eigenvalue weighted by atomic mass is 9.75. The predicted molar refractivity (Wildman–Crippen MR) is 140 cm³/mol. The summed E-state index contributed by atoms with van der Waals surface area (Å²) in [5, 5.41) is 0. The molecule has 1 aliphatic heterocycles. The zero-order valence-corrected chi connectivity index (χ0v) is 21.8. The van der Waals surface area contributed by atoms with Crippen molar-refractivity contribution in [2.75, 3.05) is 13.2 Å². The van der Waals surface area contributed by atoms with Crippen LogP contribution in [0.4, 0.5) is 13.2 Å². The molecular weight excluding hydrogens is 507 g/mol. The van der Waals surface area contributed by atoms with Crippen LogP contribution in [-0.2, 0) is 11.2 Å². The maximum absolute atomic E-state index is 15.1. The molecule has 1 aliphatic carbocycles. The topological polar surface area (TPSA) is 87.3 Å². The first-order valence-electron chi connectivity index (χ1n) is 13.4. The van der Waals surface area contributed by atoms with E-state index in [0.717, 1.165) is 55.0 Å². The number of nitrogens with two attached hydrogens (primary N) is 1. The van der Waals surface area contributed by atoms with Crippen LogP contribution in [-0.4, -0.2) is 41.1 Å². The summed E-state index contributed by atoms with van der Waals surface area (Å²) < 4.78 is 55.9. The lowest BCUT2D eigenvalue weighted by Gasteiger charge is -2.32. The number of pyridine rings is 2. The summed E-state index contributed by atoms with van der Waals surface area (Å²) in [6, 6.07) is 6.24. The zero-order chi connectivity index (χ0) is 27.5. The van der Waals surface area contributed by atoms with Gasteiger partial charge >= 0.3 is 0 Å². The summed E-state index contributed by atoms with van der Waals surface area (Å²) in [7, 11) is 0. The van der Waals surface area contributed by atoms with Gasteiger partial charge in [-0.1, -0.05) is 6.92 Å². The van der Waals surface area contributed by atoms with Crippen LogP contribution >= 0.6 is 0 Å². The number of hydrogen-bond acceptors (Lipinski definition) is 6. The van der Waals surface area contributed by atoms with Crippen molar-refractivity contribution >= 4 is 5.78 Å². The SMILES string of the molecule is C[C@@H]1C[C@H](N)C[C@H](c2ccncc2CC(=O)c2ccc(F)c(-c3c(F)cc(O[C@@H]4CCCOC4)cc3F)n2)C1. The van der Waals surface area contributed by atoms with Crippen LogP contribution in [0, 0.1) is 23.4 Å². The van der Waals surface area contributed by atoms with Crippen molar-refractivity contribution in [2.45, 2.75) is 63.5 Å². The number of carbonyl (C=O) groups is 1. The second-order valence-electron chi connectivity index (χ2n) is 10.7. The Hall–Kier alpha value is -3.30. The molecule has 3 heterocycles. The largest absolute Gasteiger partial charge is 0.488 e. The molecule has 1 aromatic carbocycles. The molecule has 0 radical (unpaired) electrons. The molecule has 39 heavy (non-hydrogen) atoms. The number of Topliss-reactive ketones (excluding diaryl/α,β-unsaturated/α-hetero) is 1. The number of carbonyl (C=O) groups excluding carboxylic acids is 1. The average Bonchev–Trinajstić information content (AvgIpc) is 2.89. The Balaban J connectivity index is 1.38. The molecule has 2 N–H and O–H groups in total. The third kappa shape index (κ3) is 6.31. The second kappa shape index (κ2) is 11.8. The Morgan fingerprint density at radius 2 is 1.90 bits per heavy atom. The third-order valence-electron chi connectivity index (χ3n) is 7.52. The van der Waals surface area contributed by atoms with Gasteiger partial charge in [0, 0.05) is 43.6 Å². The maximum atomic E-state index is 15.1. The maximum Gasteiger partial charge on any atom is 0.185 e. The molecule has 3 aromatic rings. The molecule has 206 valence electrons. The lowest BCUT2D eigenvalue weighted by molar-refractivity contribution is 0.00720. The van der Waals surface area contributed by atoms with E-state index in [1.54, 1.807) is 12.4 Å². The van der Waals surface area contributed by atoms with E-state index in [0.29, 0.717) is 25.6 Å². The monoisotopic (exact) mass is 539 g/mol. The van der Waals surface area contributed by atoms with Gasteiger partial charge in [-0.05, 0) is 73.3 Å². The summed E-state index contributed by atoms with van der Waals surface area (Å²) in [6.07, 6.45) is 7.25. The first-order chi connectivity index (χ1) is 18.8. The van der Waals surface area contributed by atoms with Crippen molar-refractivity contribution in [3.05, 3.63) is 77.0 Å². The van der Waals surface area contributed by atoms with Gasteiger partial charge in [-0.3, -0.25) is 9.78 Å². The Kier molecular flexibility index (Phi) is 8.28. The average molecular weight is 540 g/mol. The van der Waals surface area contributed by atoms with E-state index in [1.807, 2.05) is 6.07 Å². The molecule has 2 fully saturated rings. The highest BCUT2D eigenvalue weighted by Crippen LogP contribution is 2.37. The number of benzene rings is 1. The van der Waals surface area contributed by atoms with E-state index >= 15 is 8.78 Å². The van der Waals surface area contributed by atoms with Crippen molar-refractivity contribution in [3.8, 4) is 17.0 Å². The smallest absolute Gasteiger partial charge is 0.185 e. The van der Waals surface area contributed by atoms with E-state index in [2.05, 4.69) is 16.9 Å². The van der Waals surface area contributed by atoms with Crippen molar-refractivity contribution in [2.24, 2.45) is 11.7 Å². The highest BCUT2D eigenvalue weighted by Gasteiger charge is 2.28. The van der Waals surface area contributed by atoms with E-state index in [1.165, 1.54) is 6.07 Å². The second-order valence-corrected chi connectivity index (χ2v) is 10.7. The van der Waals surface area contributed by atoms with Gasteiger partial charge in [-0.15, -0.1) is 0 Å². The fourth-order valence-electron chi connectivity index (χ4n) is 5.77. The molecule has 0 spiro atoms. The van der Waals surface area contributed by atoms with Crippen LogP contribution in [0.2, 0.25) is 0 Å². The van der Waals surface area contributed by atoms with E-state index in [-0.39, 0.29) is 35.9 Å². The van der Waals surface area contributed by atoms with Crippen LogP contribution in [0.3, 0.4) is 0 Å². The van der Waals surface area contributed by atoms with Crippen LogP contribution in [0.25, 0.3) is 11.3 Å². The first kappa shape index (κ1) is 27.3. The van der Waals surface area contributed by atoms with E-state index in [9.17, 15) is 9.18 Å². The van der Waals surface area contributed by atoms with Crippen molar-refractivity contribution in [1.82, 2.24) is 9.97 Å². The minimum absolute atomic E-state index is 0.0160. The quantitative estimate of drug-likeness (QED) is 0.384. The molecular formula is C30H32F3N3O3. The van der Waals surface area contributed by atoms with Crippen LogP contribution < -0.4 is 10.5 Å². The lowest BCUT2D eigenvalue weighted by Crippen LogP contribution is -2.31. The summed E-state index contributed by atoms with van der Waals surface area (Å²) in [4.78, 5) is 21.5. The summed E-state index contributed by atoms with van der Waals surface area (Å²) in [5.74, 6) is -2.75. The predicted octanol–water partition coefficient (Wildman–Crippen LogP) is 5.78.